The number of rotatable bonds is 4. The molecule has 0 bridgehead atoms. The van der Waals surface area contributed by atoms with Gasteiger partial charge in [-0.15, -0.1) is 0 Å². The number of carbonyl (C=O) groups is 3. The summed E-state index contributed by atoms with van der Waals surface area (Å²) in [7, 11) is 1.47. The van der Waals surface area contributed by atoms with Crippen LogP contribution >= 0.6 is 0 Å². The van der Waals surface area contributed by atoms with Crippen molar-refractivity contribution in [2.75, 3.05) is 18.6 Å². The van der Waals surface area contributed by atoms with E-state index in [1.165, 1.54) is 7.11 Å². The van der Waals surface area contributed by atoms with Crippen LogP contribution in [0.2, 0.25) is 0 Å². The molecule has 2 N–H and O–H groups in total. The number of nitrogens with zero attached hydrogens (tertiary/aromatic N) is 1. The molecule has 3 rings (SSSR count). The van der Waals surface area contributed by atoms with Gasteiger partial charge in [0.1, 0.15) is 5.75 Å². The van der Waals surface area contributed by atoms with Gasteiger partial charge < -0.3 is 9.64 Å². The highest BCUT2D eigenvalue weighted by atomic mass is 16.5. The number of hydrogen-bond acceptors (Lipinski definition) is 4. The van der Waals surface area contributed by atoms with Crippen LogP contribution < -0.4 is 20.5 Å². The van der Waals surface area contributed by atoms with Crippen LogP contribution in [0.15, 0.2) is 54.6 Å². The molecule has 0 aromatic heterocycles. The summed E-state index contributed by atoms with van der Waals surface area (Å²) < 4.78 is 5.13. The molecule has 134 valence electrons. The van der Waals surface area contributed by atoms with Crippen LogP contribution in [0.5, 0.6) is 5.75 Å². The summed E-state index contributed by atoms with van der Waals surface area (Å²) in [6.07, 6.45) is 0.102. The predicted octanol–water partition coefficient (Wildman–Crippen LogP) is 1.51. The Morgan fingerprint density at radius 3 is 2.46 bits per heavy atom. The van der Waals surface area contributed by atoms with Gasteiger partial charge in [-0.2, -0.15) is 0 Å². The first-order valence-electron chi connectivity index (χ1n) is 8.18. The molecule has 1 atom stereocenters. The summed E-state index contributed by atoms with van der Waals surface area (Å²) in [4.78, 5) is 38.3. The number of amides is 3. The van der Waals surface area contributed by atoms with Crippen LogP contribution in [0.25, 0.3) is 0 Å². The Bertz CT molecular complexity index is 823. The number of anilines is 1. The maximum absolute atomic E-state index is 12.3. The Morgan fingerprint density at radius 2 is 1.73 bits per heavy atom. The topological polar surface area (TPSA) is 87.7 Å². The molecule has 0 radical (unpaired) electrons. The zero-order chi connectivity index (χ0) is 18.5. The molecule has 0 saturated carbocycles. The van der Waals surface area contributed by atoms with Crippen LogP contribution in [0.3, 0.4) is 0 Å². The van der Waals surface area contributed by atoms with Crippen molar-refractivity contribution in [2.45, 2.75) is 6.42 Å². The van der Waals surface area contributed by atoms with Gasteiger partial charge in [0, 0.05) is 18.7 Å². The first kappa shape index (κ1) is 17.5. The van der Waals surface area contributed by atoms with E-state index in [2.05, 4.69) is 10.9 Å². The number of ether oxygens (including phenoxy) is 1. The molecule has 2 aromatic rings. The Hall–Kier alpha value is -3.35. The molecule has 7 heteroatoms. The summed E-state index contributed by atoms with van der Waals surface area (Å²) in [5, 5.41) is 0. The van der Waals surface area contributed by atoms with Gasteiger partial charge in [-0.05, 0) is 24.3 Å². The van der Waals surface area contributed by atoms with Crippen molar-refractivity contribution in [1.82, 2.24) is 10.9 Å². The lowest BCUT2D eigenvalue weighted by Crippen LogP contribution is -2.45. The van der Waals surface area contributed by atoms with E-state index in [4.69, 9.17) is 4.74 Å². The summed E-state index contributed by atoms with van der Waals surface area (Å²) >= 11 is 0. The van der Waals surface area contributed by atoms with Crippen molar-refractivity contribution in [1.29, 1.82) is 0 Å². The highest BCUT2D eigenvalue weighted by Gasteiger charge is 2.35. The van der Waals surface area contributed by atoms with Crippen LogP contribution in [-0.4, -0.2) is 31.4 Å². The summed E-state index contributed by atoms with van der Waals surface area (Å²) in [6.45, 7) is 0.277. The molecule has 1 aliphatic heterocycles. The number of carbonyl (C=O) groups excluding carboxylic acids is 3. The second kappa shape index (κ2) is 7.69. The number of para-hydroxylation sites is 2. The van der Waals surface area contributed by atoms with Gasteiger partial charge in [-0.3, -0.25) is 25.2 Å². The van der Waals surface area contributed by atoms with Gasteiger partial charge >= 0.3 is 0 Å². The smallest absolute Gasteiger partial charge is 0.273 e. The van der Waals surface area contributed by atoms with Gasteiger partial charge in [-0.25, -0.2) is 0 Å². The van der Waals surface area contributed by atoms with E-state index in [9.17, 15) is 14.4 Å². The maximum Gasteiger partial charge on any atom is 0.273 e. The molecule has 26 heavy (non-hydrogen) atoms. The van der Waals surface area contributed by atoms with E-state index in [-0.39, 0.29) is 18.9 Å². The molecule has 1 aliphatic rings. The SMILES string of the molecule is COc1ccccc1C(=O)NNC(=O)[C@@H]1CC(=O)N(c2ccccc2)C1. The molecule has 3 amide bonds. The summed E-state index contributed by atoms with van der Waals surface area (Å²) in [5.74, 6) is -1.13. The fraction of sp³-hybridized carbons (Fsp3) is 0.211. The van der Waals surface area contributed by atoms with E-state index in [0.29, 0.717) is 11.3 Å². The largest absolute Gasteiger partial charge is 0.496 e. The Kier molecular flexibility index (Phi) is 5.17. The molecule has 1 fully saturated rings. The average molecular weight is 353 g/mol. The maximum atomic E-state index is 12.3. The average Bonchev–Trinajstić information content (AvgIpc) is 3.08. The third-order valence-electron chi connectivity index (χ3n) is 4.21. The van der Waals surface area contributed by atoms with Crippen LogP contribution in [0, 0.1) is 5.92 Å². The zero-order valence-electron chi connectivity index (χ0n) is 14.3. The van der Waals surface area contributed by atoms with Gasteiger partial charge in [0.15, 0.2) is 0 Å². The van der Waals surface area contributed by atoms with Crippen LogP contribution in [0.4, 0.5) is 5.69 Å². The second-order valence-electron chi connectivity index (χ2n) is 5.88. The quantitative estimate of drug-likeness (QED) is 0.816. The van der Waals surface area contributed by atoms with E-state index in [1.807, 2.05) is 30.3 Å². The predicted molar refractivity (Wildman–Crippen MR) is 95.5 cm³/mol. The van der Waals surface area contributed by atoms with Crippen molar-refractivity contribution in [2.24, 2.45) is 5.92 Å². The zero-order valence-corrected chi connectivity index (χ0v) is 14.3. The highest BCUT2D eigenvalue weighted by Crippen LogP contribution is 2.24. The molecular formula is C19H19N3O4. The first-order chi connectivity index (χ1) is 12.6. The number of benzene rings is 2. The fourth-order valence-corrected chi connectivity index (χ4v) is 2.86. The molecule has 1 saturated heterocycles. The highest BCUT2D eigenvalue weighted by molar-refractivity contribution is 6.01. The minimum Gasteiger partial charge on any atom is -0.496 e. The van der Waals surface area contributed by atoms with Gasteiger partial charge in [-0.1, -0.05) is 30.3 Å². The Morgan fingerprint density at radius 1 is 1.04 bits per heavy atom. The summed E-state index contributed by atoms with van der Waals surface area (Å²) in [5.41, 5.74) is 5.83. The Labute approximate surface area is 150 Å². The van der Waals surface area contributed by atoms with Crippen LogP contribution in [-0.2, 0) is 9.59 Å². The molecule has 0 aliphatic carbocycles. The number of hydrogen-bond donors (Lipinski definition) is 2. The molecule has 2 aromatic carbocycles. The molecule has 7 nitrogen and oxygen atoms in total. The number of methoxy groups -OCH3 is 1. The van der Waals surface area contributed by atoms with Crippen molar-refractivity contribution in [3.63, 3.8) is 0 Å². The lowest BCUT2D eigenvalue weighted by Gasteiger charge is -2.16. The van der Waals surface area contributed by atoms with Crippen LogP contribution in [0.1, 0.15) is 16.8 Å². The second-order valence-corrected chi connectivity index (χ2v) is 5.88. The van der Waals surface area contributed by atoms with Gasteiger partial charge in [0.05, 0.1) is 18.6 Å². The van der Waals surface area contributed by atoms with Crippen molar-refractivity contribution >= 4 is 23.4 Å². The summed E-state index contributed by atoms with van der Waals surface area (Å²) in [6, 6.07) is 15.9. The van der Waals surface area contributed by atoms with E-state index < -0.39 is 17.7 Å². The lowest BCUT2D eigenvalue weighted by molar-refractivity contribution is -0.126. The third-order valence-corrected chi connectivity index (χ3v) is 4.21. The minimum atomic E-state index is -0.527. The minimum absolute atomic E-state index is 0.102. The monoisotopic (exact) mass is 353 g/mol. The van der Waals surface area contributed by atoms with E-state index in [1.54, 1.807) is 29.2 Å². The molecular weight excluding hydrogens is 334 g/mol. The van der Waals surface area contributed by atoms with Crippen molar-refractivity contribution in [3.8, 4) is 5.75 Å². The van der Waals surface area contributed by atoms with E-state index in [0.717, 1.165) is 5.69 Å². The first-order valence-corrected chi connectivity index (χ1v) is 8.18. The van der Waals surface area contributed by atoms with Crippen molar-refractivity contribution < 1.29 is 19.1 Å². The van der Waals surface area contributed by atoms with Gasteiger partial charge in [0.2, 0.25) is 11.8 Å². The molecule has 0 spiro atoms. The van der Waals surface area contributed by atoms with Crippen molar-refractivity contribution in [3.05, 3.63) is 60.2 Å². The standard InChI is InChI=1S/C19H19N3O4/c1-26-16-10-6-5-9-15(16)19(25)21-20-18(24)13-11-17(23)22(12-13)14-7-3-2-4-8-14/h2-10,13H,11-12H2,1H3,(H,20,24)(H,21,25)/t13-/m1/s1. The lowest BCUT2D eigenvalue weighted by atomic mass is 10.1. The van der Waals surface area contributed by atoms with E-state index >= 15 is 0 Å². The molecule has 1 heterocycles. The normalized spacial score (nSPS) is 16.3. The number of hydrazine groups is 1. The Balaban J connectivity index is 1.59. The van der Waals surface area contributed by atoms with Gasteiger partial charge in [0.25, 0.3) is 5.91 Å². The fourth-order valence-electron chi connectivity index (χ4n) is 2.86. The third kappa shape index (κ3) is 3.66. The number of nitrogens with one attached hydrogen (secondary N) is 2. The molecule has 0 unspecified atom stereocenters.